The van der Waals surface area contributed by atoms with E-state index in [0.717, 1.165) is 59.3 Å². The predicted molar refractivity (Wildman–Crippen MR) is 117 cm³/mol. The van der Waals surface area contributed by atoms with E-state index < -0.39 is 0 Å². The van der Waals surface area contributed by atoms with E-state index in [1.165, 1.54) is 12.1 Å². The highest BCUT2D eigenvalue weighted by Crippen LogP contribution is 2.31. The SMILES string of the molecule is Fc1ccc(-c2nccc3[nH]c(-c4n[nH]c5ccc(C6CCNCC6)nc45)nc23)cc1. The van der Waals surface area contributed by atoms with Crippen LogP contribution in [0.3, 0.4) is 0 Å². The quantitative estimate of drug-likeness (QED) is 0.413. The van der Waals surface area contributed by atoms with E-state index in [2.05, 4.69) is 31.5 Å². The number of aromatic nitrogens is 6. The summed E-state index contributed by atoms with van der Waals surface area (Å²) in [7, 11) is 0. The van der Waals surface area contributed by atoms with Crippen molar-refractivity contribution < 1.29 is 4.39 Å². The number of piperidine rings is 1. The van der Waals surface area contributed by atoms with Gasteiger partial charge in [0.1, 0.15) is 16.9 Å². The molecule has 7 nitrogen and oxygen atoms in total. The maximum Gasteiger partial charge on any atom is 0.161 e. The Kier molecular flexibility index (Phi) is 4.24. The smallest absolute Gasteiger partial charge is 0.161 e. The molecule has 0 unspecified atom stereocenters. The monoisotopic (exact) mass is 413 g/mol. The fraction of sp³-hybridized carbons (Fsp3) is 0.217. The second-order valence-corrected chi connectivity index (χ2v) is 7.88. The molecule has 5 aromatic rings. The molecular formula is C23H20FN7. The van der Waals surface area contributed by atoms with Gasteiger partial charge in [-0.15, -0.1) is 0 Å². The number of hydrogen-bond donors (Lipinski definition) is 3. The lowest BCUT2D eigenvalue weighted by Crippen LogP contribution is -2.27. The van der Waals surface area contributed by atoms with Crippen molar-refractivity contribution in [3.05, 3.63) is 60.2 Å². The zero-order valence-electron chi connectivity index (χ0n) is 16.7. The van der Waals surface area contributed by atoms with Gasteiger partial charge < -0.3 is 10.3 Å². The average Bonchev–Trinajstić information content (AvgIpc) is 3.43. The minimum Gasteiger partial charge on any atom is -0.336 e. The van der Waals surface area contributed by atoms with Crippen LogP contribution in [0.2, 0.25) is 0 Å². The summed E-state index contributed by atoms with van der Waals surface area (Å²) in [5.74, 6) is 0.809. The molecule has 0 spiro atoms. The minimum absolute atomic E-state index is 0.280. The van der Waals surface area contributed by atoms with Crippen LogP contribution < -0.4 is 5.32 Å². The van der Waals surface area contributed by atoms with Crippen LogP contribution in [0.25, 0.3) is 44.8 Å². The Morgan fingerprint density at radius 2 is 1.65 bits per heavy atom. The summed E-state index contributed by atoms with van der Waals surface area (Å²) in [6.45, 7) is 2.04. The molecule has 3 N–H and O–H groups in total. The zero-order valence-corrected chi connectivity index (χ0v) is 16.7. The van der Waals surface area contributed by atoms with Crippen LogP contribution in [0, 0.1) is 5.82 Å². The number of H-pyrrole nitrogens is 2. The molecule has 1 fully saturated rings. The van der Waals surface area contributed by atoms with E-state index in [1.807, 2.05) is 12.1 Å². The number of benzene rings is 1. The third-order valence-corrected chi connectivity index (χ3v) is 5.93. The zero-order chi connectivity index (χ0) is 20.8. The Balaban J connectivity index is 1.46. The van der Waals surface area contributed by atoms with E-state index >= 15 is 0 Å². The lowest BCUT2D eigenvalue weighted by molar-refractivity contribution is 0.454. The molecule has 1 saturated heterocycles. The second kappa shape index (κ2) is 7.24. The minimum atomic E-state index is -0.280. The highest BCUT2D eigenvalue weighted by molar-refractivity contribution is 5.94. The summed E-state index contributed by atoms with van der Waals surface area (Å²) in [6, 6.07) is 12.3. The van der Waals surface area contributed by atoms with Crippen molar-refractivity contribution in [2.45, 2.75) is 18.8 Å². The van der Waals surface area contributed by atoms with Crippen LogP contribution in [0.15, 0.2) is 48.7 Å². The van der Waals surface area contributed by atoms with Gasteiger partial charge in [0.2, 0.25) is 0 Å². The molecule has 6 rings (SSSR count). The van der Waals surface area contributed by atoms with Crippen molar-refractivity contribution >= 4 is 22.1 Å². The van der Waals surface area contributed by atoms with Crippen LogP contribution in [-0.4, -0.2) is 43.2 Å². The van der Waals surface area contributed by atoms with Gasteiger partial charge in [-0.25, -0.2) is 14.4 Å². The molecule has 0 radical (unpaired) electrons. The second-order valence-electron chi connectivity index (χ2n) is 7.88. The van der Waals surface area contributed by atoms with Crippen molar-refractivity contribution in [3.63, 3.8) is 0 Å². The first-order chi connectivity index (χ1) is 15.3. The third kappa shape index (κ3) is 3.16. The normalized spacial score (nSPS) is 15.1. The molecule has 0 atom stereocenters. The van der Waals surface area contributed by atoms with Crippen LogP contribution in [0.5, 0.6) is 0 Å². The Labute approximate surface area is 177 Å². The number of rotatable bonds is 3. The number of halogens is 1. The molecule has 5 heterocycles. The van der Waals surface area contributed by atoms with Gasteiger partial charge in [0.15, 0.2) is 11.5 Å². The van der Waals surface area contributed by atoms with Crippen molar-refractivity contribution in [1.29, 1.82) is 0 Å². The summed E-state index contributed by atoms with van der Waals surface area (Å²) in [5, 5.41) is 11.0. The molecule has 1 aliphatic heterocycles. The highest BCUT2D eigenvalue weighted by atomic mass is 19.1. The van der Waals surface area contributed by atoms with Crippen LogP contribution in [0.4, 0.5) is 4.39 Å². The molecule has 31 heavy (non-hydrogen) atoms. The topological polar surface area (TPSA) is 95.2 Å². The van der Waals surface area contributed by atoms with Crippen molar-refractivity contribution in [3.8, 4) is 22.8 Å². The van der Waals surface area contributed by atoms with E-state index in [0.29, 0.717) is 23.1 Å². The number of imidazole rings is 1. The number of pyridine rings is 2. The van der Waals surface area contributed by atoms with E-state index in [1.54, 1.807) is 18.3 Å². The molecule has 154 valence electrons. The predicted octanol–water partition coefficient (Wildman–Crippen LogP) is 4.17. The molecular weight excluding hydrogens is 393 g/mol. The highest BCUT2D eigenvalue weighted by Gasteiger charge is 2.20. The van der Waals surface area contributed by atoms with Gasteiger partial charge in [-0.05, 0) is 68.4 Å². The van der Waals surface area contributed by atoms with Crippen molar-refractivity contribution in [2.24, 2.45) is 0 Å². The molecule has 0 bridgehead atoms. The van der Waals surface area contributed by atoms with E-state index in [9.17, 15) is 4.39 Å². The Hall–Kier alpha value is -3.65. The number of nitrogens with one attached hydrogen (secondary N) is 3. The first-order valence-electron chi connectivity index (χ1n) is 10.4. The van der Waals surface area contributed by atoms with Crippen LogP contribution in [-0.2, 0) is 0 Å². The Morgan fingerprint density at radius 3 is 2.48 bits per heavy atom. The standard InChI is InChI=1S/C23H20FN7/c24-15-3-1-14(2-4-15)19-20-17(9-12-26-19)28-23(29-20)22-21-18(30-31-22)6-5-16(27-21)13-7-10-25-11-8-13/h1-6,9,12-13,25H,7-8,10-11H2,(H,28,29)(H,30,31). The number of fused-ring (bicyclic) bond motifs is 2. The number of aromatic amines is 2. The van der Waals surface area contributed by atoms with Crippen molar-refractivity contribution in [2.75, 3.05) is 13.1 Å². The van der Waals surface area contributed by atoms with Crippen molar-refractivity contribution in [1.82, 2.24) is 35.5 Å². The third-order valence-electron chi connectivity index (χ3n) is 5.93. The Bertz CT molecular complexity index is 1380. The summed E-state index contributed by atoms with van der Waals surface area (Å²) >= 11 is 0. The summed E-state index contributed by atoms with van der Waals surface area (Å²) in [4.78, 5) is 17.6. The van der Waals surface area contributed by atoms with Gasteiger partial charge in [-0.3, -0.25) is 10.1 Å². The molecule has 8 heteroatoms. The van der Waals surface area contributed by atoms with E-state index in [4.69, 9.17) is 9.97 Å². The van der Waals surface area contributed by atoms with Gasteiger partial charge >= 0.3 is 0 Å². The van der Waals surface area contributed by atoms with Gasteiger partial charge in [0.05, 0.1) is 16.7 Å². The largest absolute Gasteiger partial charge is 0.336 e. The van der Waals surface area contributed by atoms with Gasteiger partial charge in [0.25, 0.3) is 0 Å². The van der Waals surface area contributed by atoms with Crippen LogP contribution in [0.1, 0.15) is 24.5 Å². The first-order valence-corrected chi connectivity index (χ1v) is 10.4. The summed E-state index contributed by atoms with van der Waals surface area (Å²) < 4.78 is 13.4. The maximum atomic E-state index is 13.4. The molecule has 0 saturated carbocycles. The Morgan fingerprint density at radius 1 is 0.839 bits per heavy atom. The molecule has 1 aliphatic rings. The molecule has 4 aromatic heterocycles. The lowest BCUT2D eigenvalue weighted by Gasteiger charge is -2.22. The van der Waals surface area contributed by atoms with Gasteiger partial charge in [0, 0.05) is 23.4 Å². The number of hydrogen-bond acceptors (Lipinski definition) is 5. The number of nitrogens with zero attached hydrogens (tertiary/aromatic N) is 4. The summed E-state index contributed by atoms with van der Waals surface area (Å²) in [5.41, 5.74) is 6.54. The van der Waals surface area contributed by atoms with E-state index in [-0.39, 0.29) is 5.82 Å². The first kappa shape index (κ1) is 18.1. The molecule has 0 aliphatic carbocycles. The maximum absolute atomic E-state index is 13.4. The average molecular weight is 413 g/mol. The van der Waals surface area contributed by atoms with Crippen LogP contribution >= 0.6 is 0 Å². The van der Waals surface area contributed by atoms with Gasteiger partial charge in [-0.1, -0.05) is 0 Å². The fourth-order valence-corrected chi connectivity index (χ4v) is 4.29. The summed E-state index contributed by atoms with van der Waals surface area (Å²) in [6.07, 6.45) is 3.89. The molecule has 1 aromatic carbocycles. The fourth-order valence-electron chi connectivity index (χ4n) is 4.29. The lowest BCUT2D eigenvalue weighted by atomic mass is 9.94. The van der Waals surface area contributed by atoms with Gasteiger partial charge in [-0.2, -0.15) is 5.10 Å². The molecule has 0 amide bonds.